The fourth-order valence-corrected chi connectivity index (χ4v) is 1.48. The molecule has 0 aromatic heterocycles. The van der Waals surface area contributed by atoms with Gasteiger partial charge in [-0.3, -0.25) is 9.79 Å². The molecule has 1 rings (SSSR count). The number of likely N-dealkylation sites (N-methyl/N-ethyl adjacent to an activating group) is 1. The molecule has 0 spiro atoms. The largest absolute Gasteiger partial charge is 0.394 e. The first-order chi connectivity index (χ1) is 8.54. The van der Waals surface area contributed by atoms with Crippen LogP contribution >= 0.6 is 0 Å². The van der Waals surface area contributed by atoms with Gasteiger partial charge >= 0.3 is 0 Å². The smallest absolute Gasteiger partial charge is 0.266 e. The molecule has 1 amide bonds. The minimum Gasteiger partial charge on any atom is -0.394 e. The van der Waals surface area contributed by atoms with E-state index < -0.39 is 0 Å². The first-order valence-electron chi connectivity index (χ1n) is 5.79. The van der Waals surface area contributed by atoms with Gasteiger partial charge in [0.2, 0.25) is 0 Å². The normalized spacial score (nSPS) is 12.4. The lowest BCUT2D eigenvalue weighted by Gasteiger charge is -2.03. The highest BCUT2D eigenvalue weighted by atomic mass is 16.1. The van der Waals surface area contributed by atoms with E-state index in [9.17, 15) is 4.79 Å². The third-order valence-corrected chi connectivity index (χ3v) is 2.61. The van der Waals surface area contributed by atoms with E-state index in [2.05, 4.69) is 23.3 Å². The van der Waals surface area contributed by atoms with Crippen LogP contribution in [0.2, 0.25) is 0 Å². The number of aryl methyl sites for hydroxylation is 1. The first kappa shape index (κ1) is 14.0. The molecule has 1 aromatic rings. The van der Waals surface area contributed by atoms with Gasteiger partial charge in [-0.15, -0.1) is 0 Å². The number of carbonyl (C=O) groups is 1. The number of nitrogens with two attached hydrogens (primary N) is 1. The van der Waals surface area contributed by atoms with Crippen LogP contribution < -0.4 is 11.1 Å². The Morgan fingerprint density at radius 1 is 1.44 bits per heavy atom. The highest BCUT2D eigenvalue weighted by Crippen LogP contribution is 2.08. The highest BCUT2D eigenvalue weighted by molar-refractivity contribution is 6.02. The van der Waals surface area contributed by atoms with Gasteiger partial charge in [0.1, 0.15) is 0 Å². The highest BCUT2D eigenvalue weighted by Gasteiger charge is 2.01. The Morgan fingerprint density at radius 2 is 2.11 bits per heavy atom. The summed E-state index contributed by atoms with van der Waals surface area (Å²) in [7, 11) is 1.54. The number of allylic oxidation sites excluding steroid dienone is 1. The fourth-order valence-electron chi connectivity index (χ4n) is 1.48. The van der Waals surface area contributed by atoms with Crippen LogP contribution in [0.4, 0.5) is 0 Å². The lowest BCUT2D eigenvalue weighted by Crippen LogP contribution is -2.25. The van der Waals surface area contributed by atoms with Gasteiger partial charge in [-0.05, 0) is 31.1 Å². The van der Waals surface area contributed by atoms with Gasteiger partial charge < -0.3 is 11.1 Å². The van der Waals surface area contributed by atoms with Crippen LogP contribution in [0.1, 0.15) is 18.1 Å². The van der Waals surface area contributed by atoms with Crippen LogP contribution in [0.3, 0.4) is 0 Å². The predicted octanol–water partition coefficient (Wildman–Crippen LogP) is 1.54. The second kappa shape index (κ2) is 6.59. The molecule has 0 saturated heterocycles. The molecule has 3 N–H and O–H groups in total. The second-order valence-corrected chi connectivity index (χ2v) is 4.06. The Labute approximate surface area is 108 Å². The van der Waals surface area contributed by atoms with Gasteiger partial charge in [-0.25, -0.2) is 0 Å². The average Bonchev–Trinajstić information content (AvgIpc) is 2.36. The molecule has 18 heavy (non-hydrogen) atoms. The van der Waals surface area contributed by atoms with Crippen LogP contribution in [0.15, 0.2) is 41.0 Å². The van der Waals surface area contributed by atoms with Gasteiger partial charge in [0.05, 0.1) is 12.2 Å². The van der Waals surface area contributed by atoms with Crippen LogP contribution in [0.25, 0.3) is 0 Å². The number of aliphatic imine (C=N–C) groups is 1. The van der Waals surface area contributed by atoms with Gasteiger partial charge in [0.25, 0.3) is 5.91 Å². The Hall–Kier alpha value is -2.10. The van der Waals surface area contributed by atoms with Crippen molar-refractivity contribution in [3.05, 3.63) is 47.2 Å². The van der Waals surface area contributed by atoms with E-state index in [1.807, 2.05) is 25.1 Å². The summed E-state index contributed by atoms with van der Waals surface area (Å²) in [6.07, 6.45) is 1.58. The zero-order valence-electron chi connectivity index (χ0n) is 11.0. The third-order valence-electron chi connectivity index (χ3n) is 2.61. The number of nitrogens with zero attached hydrogens (tertiary/aromatic N) is 1. The molecular formula is C14H19N3O. The standard InChI is InChI=1S/C14H19N3O/c1-10-6-4-5-7-12(10)9-17-11(2)8-13(15)14(18)16-3/h4-8H,9,15H2,1-3H3,(H,16,18). The lowest BCUT2D eigenvalue weighted by atomic mass is 10.1. The maximum absolute atomic E-state index is 11.2. The maximum Gasteiger partial charge on any atom is 0.266 e. The van der Waals surface area contributed by atoms with Crippen molar-refractivity contribution in [1.29, 1.82) is 0 Å². The zero-order valence-corrected chi connectivity index (χ0v) is 11.0. The monoisotopic (exact) mass is 245 g/mol. The second-order valence-electron chi connectivity index (χ2n) is 4.06. The Bertz CT molecular complexity index is 490. The van der Waals surface area contributed by atoms with Crippen LogP contribution in [-0.4, -0.2) is 18.7 Å². The summed E-state index contributed by atoms with van der Waals surface area (Å²) < 4.78 is 0. The zero-order chi connectivity index (χ0) is 13.5. The van der Waals surface area contributed by atoms with E-state index in [1.165, 1.54) is 11.1 Å². The molecule has 0 aliphatic carbocycles. The van der Waals surface area contributed by atoms with Crippen LogP contribution in [-0.2, 0) is 11.3 Å². The number of carbonyl (C=O) groups excluding carboxylic acids is 1. The van der Waals surface area contributed by atoms with Gasteiger partial charge in [0.15, 0.2) is 0 Å². The molecule has 0 aliphatic heterocycles. The topological polar surface area (TPSA) is 67.5 Å². The quantitative estimate of drug-likeness (QED) is 0.624. The first-order valence-corrected chi connectivity index (χ1v) is 5.79. The fraction of sp³-hybridized carbons (Fsp3) is 0.286. The van der Waals surface area contributed by atoms with E-state index in [1.54, 1.807) is 13.1 Å². The Balaban J connectivity index is 2.74. The minimum atomic E-state index is -0.291. The van der Waals surface area contributed by atoms with Crippen molar-refractivity contribution in [3.63, 3.8) is 0 Å². The number of hydrogen-bond donors (Lipinski definition) is 2. The van der Waals surface area contributed by atoms with Crippen molar-refractivity contribution in [2.45, 2.75) is 20.4 Å². The summed E-state index contributed by atoms with van der Waals surface area (Å²) in [6, 6.07) is 8.08. The maximum atomic E-state index is 11.2. The van der Waals surface area contributed by atoms with Crippen molar-refractivity contribution in [1.82, 2.24) is 5.32 Å². The summed E-state index contributed by atoms with van der Waals surface area (Å²) in [5.41, 5.74) is 8.88. The predicted molar refractivity (Wildman–Crippen MR) is 74.3 cm³/mol. The van der Waals surface area contributed by atoms with Crippen molar-refractivity contribution >= 4 is 11.6 Å². The molecule has 4 heteroatoms. The van der Waals surface area contributed by atoms with E-state index in [0.29, 0.717) is 6.54 Å². The average molecular weight is 245 g/mol. The number of amides is 1. The van der Waals surface area contributed by atoms with E-state index >= 15 is 0 Å². The summed E-state index contributed by atoms with van der Waals surface area (Å²) >= 11 is 0. The molecule has 0 unspecified atom stereocenters. The van der Waals surface area contributed by atoms with Crippen molar-refractivity contribution in [3.8, 4) is 0 Å². The lowest BCUT2D eigenvalue weighted by molar-refractivity contribution is -0.117. The summed E-state index contributed by atoms with van der Waals surface area (Å²) in [5.74, 6) is -0.291. The summed E-state index contributed by atoms with van der Waals surface area (Å²) in [6.45, 7) is 4.47. The molecule has 0 atom stereocenters. The minimum absolute atomic E-state index is 0.170. The molecule has 0 fully saturated rings. The van der Waals surface area contributed by atoms with Crippen LogP contribution in [0.5, 0.6) is 0 Å². The van der Waals surface area contributed by atoms with E-state index in [0.717, 1.165) is 5.71 Å². The molecule has 0 aliphatic rings. The number of nitrogens with one attached hydrogen (secondary N) is 1. The molecule has 96 valence electrons. The number of hydrogen-bond acceptors (Lipinski definition) is 3. The molecular weight excluding hydrogens is 226 g/mol. The van der Waals surface area contributed by atoms with E-state index in [-0.39, 0.29) is 11.6 Å². The molecule has 1 aromatic carbocycles. The van der Waals surface area contributed by atoms with Gasteiger partial charge in [-0.1, -0.05) is 24.3 Å². The SMILES string of the molecule is CNC(=O)C(N)=CC(C)=NCc1ccccc1C. The van der Waals surface area contributed by atoms with Crippen LogP contribution in [0, 0.1) is 6.92 Å². The van der Waals surface area contributed by atoms with Crippen molar-refractivity contribution in [2.75, 3.05) is 7.05 Å². The van der Waals surface area contributed by atoms with Crippen molar-refractivity contribution < 1.29 is 4.79 Å². The van der Waals surface area contributed by atoms with E-state index in [4.69, 9.17) is 5.73 Å². The molecule has 0 radical (unpaired) electrons. The van der Waals surface area contributed by atoms with Gasteiger partial charge in [0, 0.05) is 12.8 Å². The number of benzene rings is 1. The summed E-state index contributed by atoms with van der Waals surface area (Å²) in [4.78, 5) is 15.6. The van der Waals surface area contributed by atoms with Gasteiger partial charge in [-0.2, -0.15) is 0 Å². The molecule has 0 heterocycles. The Kier molecular flexibility index (Phi) is 5.11. The Morgan fingerprint density at radius 3 is 2.72 bits per heavy atom. The third kappa shape index (κ3) is 4.05. The molecule has 4 nitrogen and oxygen atoms in total. The molecule has 0 saturated carbocycles. The number of rotatable bonds is 4. The van der Waals surface area contributed by atoms with Crippen molar-refractivity contribution in [2.24, 2.45) is 10.7 Å². The summed E-state index contributed by atoms with van der Waals surface area (Å²) in [5, 5.41) is 2.47. The molecule has 0 bridgehead atoms.